The molecule has 1 amide bonds. The number of carbonyl (C=O) groups excluding carboxylic acids is 1. The summed E-state index contributed by atoms with van der Waals surface area (Å²) in [5, 5.41) is 15.6. The van der Waals surface area contributed by atoms with E-state index in [1.165, 1.54) is 11.8 Å². The molecule has 0 aliphatic carbocycles. The van der Waals surface area contributed by atoms with Crippen molar-refractivity contribution >= 4 is 35.0 Å². The molecule has 0 aliphatic rings. The molecular formula is C17H16ClN5O2S. The third-order valence-corrected chi connectivity index (χ3v) is 4.43. The highest BCUT2D eigenvalue weighted by Crippen LogP contribution is 2.19. The Balaban J connectivity index is 1.58. The number of amides is 1. The molecule has 0 radical (unpaired) electrons. The summed E-state index contributed by atoms with van der Waals surface area (Å²) in [6.07, 6.45) is 1.89. The zero-order valence-electron chi connectivity index (χ0n) is 13.9. The smallest absolute Gasteiger partial charge is 0.250 e. The van der Waals surface area contributed by atoms with Gasteiger partial charge in [-0.1, -0.05) is 47.6 Å². The number of hydrogen-bond acceptors (Lipinski definition) is 6. The molecule has 0 saturated carbocycles. The first kappa shape index (κ1) is 18.4. The summed E-state index contributed by atoms with van der Waals surface area (Å²) >= 11 is 7.50. The molecule has 3 aromatic rings. The molecule has 1 aromatic heterocycles. The molecule has 0 spiro atoms. The highest BCUT2D eigenvalue weighted by atomic mass is 35.5. The molecule has 0 bridgehead atoms. The highest BCUT2D eigenvalue weighted by Gasteiger charge is 2.09. The fourth-order valence-corrected chi connectivity index (χ4v) is 2.87. The lowest BCUT2D eigenvalue weighted by Gasteiger charge is -2.09. The fourth-order valence-electron chi connectivity index (χ4n) is 2.25. The van der Waals surface area contributed by atoms with Gasteiger partial charge in [0, 0.05) is 10.7 Å². The summed E-state index contributed by atoms with van der Waals surface area (Å²) in [4.78, 5) is 12.1. The molecule has 1 N–H and O–H groups in total. The van der Waals surface area contributed by atoms with Crippen LogP contribution in [0.25, 0.3) is 5.69 Å². The number of anilines is 1. The van der Waals surface area contributed by atoms with Crippen molar-refractivity contribution in [3.8, 4) is 5.69 Å². The molecule has 1 heterocycles. The third kappa shape index (κ3) is 4.60. The van der Waals surface area contributed by atoms with Gasteiger partial charge in [-0.25, -0.2) is 0 Å². The minimum Gasteiger partial charge on any atom is -0.367 e. The van der Waals surface area contributed by atoms with Crippen LogP contribution in [0.15, 0.2) is 53.7 Å². The lowest BCUT2D eigenvalue weighted by molar-refractivity contribution is -0.121. The van der Waals surface area contributed by atoms with Crippen LogP contribution in [-0.2, 0) is 16.1 Å². The number of thioether (sulfide) groups is 1. The Bertz CT molecular complexity index is 902. The van der Waals surface area contributed by atoms with E-state index in [2.05, 4.69) is 20.8 Å². The first-order valence-electron chi connectivity index (χ1n) is 7.71. The molecular weight excluding hydrogens is 374 g/mol. The molecule has 0 fully saturated rings. The normalized spacial score (nSPS) is 10.7. The monoisotopic (exact) mass is 389 g/mol. The first-order valence-corrected chi connectivity index (χ1v) is 9.31. The summed E-state index contributed by atoms with van der Waals surface area (Å²) in [5.74, 6) is -0.254. The van der Waals surface area contributed by atoms with Gasteiger partial charge >= 0.3 is 0 Å². The number of nitrogens with zero attached hydrogens (tertiary/aromatic N) is 4. The van der Waals surface area contributed by atoms with Crippen LogP contribution in [0.2, 0.25) is 5.02 Å². The van der Waals surface area contributed by atoms with Crippen molar-refractivity contribution in [3.05, 3.63) is 59.1 Å². The van der Waals surface area contributed by atoms with Crippen LogP contribution in [0.5, 0.6) is 0 Å². The Morgan fingerprint density at radius 3 is 2.92 bits per heavy atom. The molecule has 9 heteroatoms. The van der Waals surface area contributed by atoms with Gasteiger partial charge in [-0.2, -0.15) is 4.68 Å². The van der Waals surface area contributed by atoms with Crippen molar-refractivity contribution in [2.45, 2.75) is 11.8 Å². The van der Waals surface area contributed by atoms with Crippen molar-refractivity contribution < 1.29 is 9.53 Å². The van der Waals surface area contributed by atoms with Gasteiger partial charge in [0.05, 0.1) is 12.3 Å². The number of nitrogens with one attached hydrogen (secondary N) is 1. The second-order valence-electron chi connectivity index (χ2n) is 5.26. The van der Waals surface area contributed by atoms with Crippen molar-refractivity contribution in [1.29, 1.82) is 0 Å². The Kier molecular flexibility index (Phi) is 6.21. The highest BCUT2D eigenvalue weighted by molar-refractivity contribution is 7.98. The van der Waals surface area contributed by atoms with Gasteiger partial charge in [0.2, 0.25) is 11.1 Å². The van der Waals surface area contributed by atoms with Gasteiger partial charge in [-0.05, 0) is 46.5 Å². The second kappa shape index (κ2) is 8.79. The Hall–Kier alpha value is -2.42. The molecule has 3 rings (SSSR count). The molecule has 0 atom stereocenters. The minimum atomic E-state index is -0.254. The third-order valence-electron chi connectivity index (χ3n) is 3.45. The maximum Gasteiger partial charge on any atom is 0.250 e. The van der Waals surface area contributed by atoms with Crippen LogP contribution < -0.4 is 5.32 Å². The van der Waals surface area contributed by atoms with Gasteiger partial charge in [0.25, 0.3) is 0 Å². The van der Waals surface area contributed by atoms with Crippen LogP contribution in [-0.4, -0.2) is 39.0 Å². The van der Waals surface area contributed by atoms with Crippen LogP contribution >= 0.6 is 23.4 Å². The lowest BCUT2D eigenvalue weighted by atomic mass is 10.2. The number of ether oxygens (including phenoxy) is 1. The molecule has 26 heavy (non-hydrogen) atoms. The summed E-state index contributed by atoms with van der Waals surface area (Å²) < 4.78 is 7.04. The van der Waals surface area contributed by atoms with Crippen molar-refractivity contribution in [1.82, 2.24) is 20.2 Å². The summed E-state index contributed by atoms with van der Waals surface area (Å²) in [7, 11) is 0. The van der Waals surface area contributed by atoms with Gasteiger partial charge < -0.3 is 10.1 Å². The topological polar surface area (TPSA) is 81.9 Å². The average Bonchev–Trinajstić information content (AvgIpc) is 3.12. The van der Waals surface area contributed by atoms with Gasteiger partial charge in [0.1, 0.15) is 6.61 Å². The summed E-state index contributed by atoms with van der Waals surface area (Å²) in [5.41, 5.74) is 2.23. The quantitative estimate of drug-likeness (QED) is 0.625. The second-order valence-corrected chi connectivity index (χ2v) is 6.44. The van der Waals surface area contributed by atoms with E-state index >= 15 is 0 Å². The van der Waals surface area contributed by atoms with Gasteiger partial charge in [-0.15, -0.1) is 5.10 Å². The van der Waals surface area contributed by atoms with Gasteiger partial charge in [-0.3, -0.25) is 4.79 Å². The van der Waals surface area contributed by atoms with Crippen molar-refractivity contribution in [2.75, 3.05) is 18.2 Å². The van der Waals surface area contributed by atoms with E-state index < -0.39 is 0 Å². The average molecular weight is 390 g/mol. The summed E-state index contributed by atoms with van der Waals surface area (Å²) in [6.45, 7) is 0.200. The predicted octanol–water partition coefficient (Wildman–Crippen LogP) is 3.19. The standard InChI is InChI=1S/C17H16ClN5O2S/c1-26-17-20-21-22-23(17)14-7-4-6-13(9-14)19-16(24)11-25-10-12-5-2-3-8-15(12)18/h2-9H,10-11H2,1H3,(H,19,24). The zero-order chi connectivity index (χ0) is 18.4. The molecule has 7 nitrogen and oxygen atoms in total. The van der Waals surface area contributed by atoms with E-state index in [1.54, 1.807) is 22.9 Å². The Morgan fingerprint density at radius 1 is 1.27 bits per heavy atom. The predicted molar refractivity (Wildman–Crippen MR) is 101 cm³/mol. The van der Waals surface area contributed by atoms with Crippen LogP contribution in [0.1, 0.15) is 5.56 Å². The van der Waals surface area contributed by atoms with Crippen LogP contribution in [0, 0.1) is 0 Å². The number of halogens is 1. The van der Waals surface area contributed by atoms with Gasteiger partial charge in [0.15, 0.2) is 0 Å². The van der Waals surface area contributed by atoms with E-state index in [1.807, 2.05) is 36.6 Å². The van der Waals surface area contributed by atoms with Crippen molar-refractivity contribution in [2.24, 2.45) is 0 Å². The number of tetrazole rings is 1. The first-order chi connectivity index (χ1) is 12.7. The van der Waals surface area contributed by atoms with E-state index in [-0.39, 0.29) is 19.1 Å². The number of carbonyl (C=O) groups is 1. The molecule has 0 saturated heterocycles. The minimum absolute atomic E-state index is 0.0730. The Morgan fingerprint density at radius 2 is 2.12 bits per heavy atom. The fraction of sp³-hybridized carbons (Fsp3) is 0.176. The van der Waals surface area contributed by atoms with Crippen LogP contribution in [0.4, 0.5) is 5.69 Å². The van der Waals surface area contributed by atoms with E-state index in [4.69, 9.17) is 16.3 Å². The van der Waals surface area contributed by atoms with E-state index in [0.717, 1.165) is 11.3 Å². The van der Waals surface area contributed by atoms with E-state index in [9.17, 15) is 4.79 Å². The molecule has 2 aromatic carbocycles. The number of hydrogen-bond donors (Lipinski definition) is 1. The number of aromatic nitrogens is 4. The lowest BCUT2D eigenvalue weighted by Crippen LogP contribution is -2.18. The summed E-state index contributed by atoms with van der Waals surface area (Å²) in [6, 6.07) is 14.6. The number of rotatable bonds is 7. The van der Waals surface area contributed by atoms with E-state index in [0.29, 0.717) is 15.9 Å². The van der Waals surface area contributed by atoms with Crippen LogP contribution in [0.3, 0.4) is 0 Å². The Labute approximate surface area is 159 Å². The molecule has 0 unspecified atom stereocenters. The van der Waals surface area contributed by atoms with Crippen molar-refractivity contribution in [3.63, 3.8) is 0 Å². The molecule has 0 aliphatic heterocycles. The SMILES string of the molecule is CSc1nnnn1-c1cccc(NC(=O)COCc2ccccc2Cl)c1. The maximum absolute atomic E-state index is 12.1. The zero-order valence-corrected chi connectivity index (χ0v) is 15.5. The number of benzene rings is 2. The largest absolute Gasteiger partial charge is 0.367 e. The maximum atomic E-state index is 12.1. The molecule has 134 valence electrons.